The summed E-state index contributed by atoms with van der Waals surface area (Å²) in [5.74, 6) is 0.572. The van der Waals surface area contributed by atoms with Gasteiger partial charge in [-0.15, -0.1) is 0 Å². The summed E-state index contributed by atoms with van der Waals surface area (Å²) in [7, 11) is 0. The molecule has 2 rings (SSSR count). The Hall–Kier alpha value is -2.11. The van der Waals surface area contributed by atoms with E-state index in [1.807, 2.05) is 6.92 Å². The fraction of sp³-hybridized carbons (Fsp3) is 0.462. The van der Waals surface area contributed by atoms with Crippen LogP contribution in [0.4, 0.5) is 0 Å². The third kappa shape index (κ3) is 3.01. The van der Waals surface area contributed by atoms with Crippen molar-refractivity contribution in [1.29, 1.82) is 0 Å². The second-order valence-electron chi connectivity index (χ2n) is 4.44. The number of carbonyl (C=O) groups excluding carboxylic acids is 1. The number of hydrogen-bond acceptors (Lipinski definition) is 4. The van der Waals surface area contributed by atoms with Gasteiger partial charge in [-0.1, -0.05) is 12.1 Å². The van der Waals surface area contributed by atoms with E-state index in [4.69, 9.17) is 4.74 Å². The Kier molecular flexibility index (Phi) is 3.99. The highest BCUT2D eigenvalue weighted by Gasteiger charge is 2.37. The van der Waals surface area contributed by atoms with Crippen molar-refractivity contribution >= 4 is 5.91 Å². The molecule has 0 spiro atoms. The monoisotopic (exact) mass is 264 g/mol. The third-order valence-electron chi connectivity index (χ3n) is 3.19. The van der Waals surface area contributed by atoms with Crippen LogP contribution in [0, 0.1) is 10.1 Å². The van der Waals surface area contributed by atoms with E-state index in [-0.39, 0.29) is 23.7 Å². The van der Waals surface area contributed by atoms with E-state index in [2.05, 4.69) is 5.32 Å². The lowest BCUT2D eigenvalue weighted by Crippen LogP contribution is -2.45. The van der Waals surface area contributed by atoms with Crippen LogP contribution in [0.5, 0.6) is 5.75 Å². The number of rotatable bonds is 4. The second-order valence-corrected chi connectivity index (χ2v) is 4.44. The zero-order valence-corrected chi connectivity index (χ0v) is 10.7. The van der Waals surface area contributed by atoms with Gasteiger partial charge in [-0.2, -0.15) is 0 Å². The predicted octanol–water partition coefficient (Wildman–Crippen LogP) is 1.68. The van der Waals surface area contributed by atoms with Gasteiger partial charge in [-0.05, 0) is 24.6 Å². The average Bonchev–Trinajstić information content (AvgIpc) is 2.39. The van der Waals surface area contributed by atoms with Gasteiger partial charge < -0.3 is 10.1 Å². The van der Waals surface area contributed by atoms with E-state index in [0.29, 0.717) is 12.4 Å². The van der Waals surface area contributed by atoms with Gasteiger partial charge in [0, 0.05) is 17.8 Å². The van der Waals surface area contributed by atoms with Crippen molar-refractivity contribution in [1.82, 2.24) is 5.32 Å². The average molecular weight is 264 g/mol. The topological polar surface area (TPSA) is 81.5 Å². The molecule has 1 aliphatic heterocycles. The third-order valence-corrected chi connectivity index (χ3v) is 3.19. The molecular formula is C13H16N2O4. The molecule has 0 unspecified atom stereocenters. The maximum atomic E-state index is 11.4. The standard InChI is InChI=1S/C13H16N2O4/c1-2-19-10-5-3-9(4-6-10)13-11(15(17)18)7-8-12(16)14-13/h3-6,11,13H,2,7-8H2,1H3,(H,14,16)/t11-,13+/m1/s1. The SMILES string of the molecule is CCOc1ccc([C@@H]2NC(=O)CC[C@H]2[N+](=O)[O-])cc1. The lowest BCUT2D eigenvalue weighted by molar-refractivity contribution is -0.529. The molecule has 1 amide bonds. The van der Waals surface area contributed by atoms with Gasteiger partial charge >= 0.3 is 0 Å². The van der Waals surface area contributed by atoms with Gasteiger partial charge in [0.2, 0.25) is 11.9 Å². The van der Waals surface area contributed by atoms with Crippen LogP contribution in [0.3, 0.4) is 0 Å². The van der Waals surface area contributed by atoms with Crippen LogP contribution >= 0.6 is 0 Å². The Morgan fingerprint density at radius 1 is 1.42 bits per heavy atom. The van der Waals surface area contributed by atoms with Gasteiger partial charge in [0.1, 0.15) is 11.8 Å². The molecule has 1 N–H and O–H groups in total. The van der Waals surface area contributed by atoms with E-state index in [1.165, 1.54) is 0 Å². The first-order valence-corrected chi connectivity index (χ1v) is 6.27. The van der Waals surface area contributed by atoms with Crippen LogP contribution in [0.15, 0.2) is 24.3 Å². The summed E-state index contributed by atoms with van der Waals surface area (Å²) in [5, 5.41) is 13.7. The van der Waals surface area contributed by atoms with Gasteiger partial charge in [0.05, 0.1) is 6.61 Å². The minimum atomic E-state index is -0.768. The fourth-order valence-electron chi connectivity index (χ4n) is 2.26. The van der Waals surface area contributed by atoms with Crippen LogP contribution in [0.2, 0.25) is 0 Å². The normalized spacial score (nSPS) is 22.7. The molecule has 0 radical (unpaired) electrons. The van der Waals surface area contributed by atoms with E-state index >= 15 is 0 Å². The zero-order valence-electron chi connectivity index (χ0n) is 10.7. The number of benzene rings is 1. The Labute approximate surface area is 110 Å². The molecule has 2 atom stereocenters. The Bertz CT molecular complexity index is 472. The first-order valence-electron chi connectivity index (χ1n) is 6.27. The molecule has 1 aliphatic rings. The van der Waals surface area contributed by atoms with Crippen molar-refractivity contribution in [3.8, 4) is 5.75 Å². The van der Waals surface area contributed by atoms with Crippen LogP contribution in [-0.4, -0.2) is 23.5 Å². The minimum Gasteiger partial charge on any atom is -0.494 e. The van der Waals surface area contributed by atoms with E-state index < -0.39 is 12.1 Å². The predicted molar refractivity (Wildman–Crippen MR) is 68.5 cm³/mol. The molecule has 19 heavy (non-hydrogen) atoms. The van der Waals surface area contributed by atoms with Crippen molar-refractivity contribution in [2.24, 2.45) is 0 Å². The van der Waals surface area contributed by atoms with Crippen molar-refractivity contribution in [2.45, 2.75) is 31.8 Å². The number of piperidine rings is 1. The molecule has 1 fully saturated rings. The summed E-state index contributed by atoms with van der Waals surface area (Å²) in [6, 6.07) is 5.71. The molecule has 6 nitrogen and oxygen atoms in total. The summed E-state index contributed by atoms with van der Waals surface area (Å²) in [5.41, 5.74) is 0.734. The Morgan fingerprint density at radius 3 is 2.68 bits per heavy atom. The number of hydrogen-bond donors (Lipinski definition) is 1. The first-order chi connectivity index (χ1) is 9.11. The number of carbonyl (C=O) groups is 1. The van der Waals surface area contributed by atoms with E-state index in [0.717, 1.165) is 5.56 Å². The zero-order chi connectivity index (χ0) is 13.8. The Morgan fingerprint density at radius 2 is 2.11 bits per heavy atom. The van der Waals surface area contributed by atoms with Crippen LogP contribution in [0.1, 0.15) is 31.4 Å². The first kappa shape index (κ1) is 13.3. The van der Waals surface area contributed by atoms with Gasteiger partial charge in [-0.3, -0.25) is 14.9 Å². The minimum absolute atomic E-state index is 0.142. The van der Waals surface area contributed by atoms with Crippen LogP contribution in [0.25, 0.3) is 0 Å². The molecule has 0 saturated carbocycles. The fourth-order valence-corrected chi connectivity index (χ4v) is 2.26. The molecule has 0 aromatic heterocycles. The van der Waals surface area contributed by atoms with Crippen molar-refractivity contribution < 1.29 is 14.5 Å². The molecule has 0 bridgehead atoms. The van der Waals surface area contributed by atoms with Gasteiger partial charge in [-0.25, -0.2) is 0 Å². The van der Waals surface area contributed by atoms with Gasteiger partial charge in [0.25, 0.3) is 0 Å². The smallest absolute Gasteiger partial charge is 0.237 e. The van der Waals surface area contributed by atoms with Crippen molar-refractivity contribution in [3.63, 3.8) is 0 Å². The molecular weight excluding hydrogens is 248 g/mol. The highest BCUT2D eigenvalue weighted by atomic mass is 16.6. The lowest BCUT2D eigenvalue weighted by Gasteiger charge is -2.26. The maximum Gasteiger partial charge on any atom is 0.237 e. The molecule has 102 valence electrons. The van der Waals surface area contributed by atoms with Gasteiger partial charge in [0.15, 0.2) is 0 Å². The summed E-state index contributed by atoms with van der Waals surface area (Å²) >= 11 is 0. The maximum absolute atomic E-state index is 11.4. The number of amides is 1. The summed E-state index contributed by atoms with van der Waals surface area (Å²) in [6.07, 6.45) is 0.482. The molecule has 1 aromatic rings. The lowest BCUT2D eigenvalue weighted by atomic mass is 9.92. The summed E-state index contributed by atoms with van der Waals surface area (Å²) in [4.78, 5) is 22.2. The molecule has 1 saturated heterocycles. The van der Waals surface area contributed by atoms with Crippen molar-refractivity contribution in [3.05, 3.63) is 39.9 Å². The quantitative estimate of drug-likeness (QED) is 0.662. The highest BCUT2D eigenvalue weighted by molar-refractivity contribution is 5.77. The molecule has 6 heteroatoms. The number of nitro groups is 1. The molecule has 1 aromatic carbocycles. The number of nitrogens with zero attached hydrogens (tertiary/aromatic N) is 1. The van der Waals surface area contributed by atoms with E-state index in [1.54, 1.807) is 24.3 Å². The largest absolute Gasteiger partial charge is 0.494 e. The van der Waals surface area contributed by atoms with E-state index in [9.17, 15) is 14.9 Å². The molecule has 1 heterocycles. The van der Waals surface area contributed by atoms with Crippen LogP contribution in [-0.2, 0) is 4.79 Å². The summed E-state index contributed by atoms with van der Waals surface area (Å²) < 4.78 is 5.32. The summed E-state index contributed by atoms with van der Waals surface area (Å²) in [6.45, 7) is 2.45. The second kappa shape index (κ2) is 5.69. The van der Waals surface area contributed by atoms with Crippen LogP contribution < -0.4 is 10.1 Å². The number of nitrogens with one attached hydrogen (secondary N) is 1. The number of ether oxygens (including phenoxy) is 1. The highest BCUT2D eigenvalue weighted by Crippen LogP contribution is 2.27. The molecule has 0 aliphatic carbocycles. The van der Waals surface area contributed by atoms with Crippen molar-refractivity contribution in [2.75, 3.05) is 6.61 Å². The Balaban J connectivity index is 2.21.